The first-order valence-corrected chi connectivity index (χ1v) is 4.01. The van der Waals surface area contributed by atoms with Crippen molar-refractivity contribution in [3.05, 3.63) is 0 Å². The van der Waals surface area contributed by atoms with Crippen molar-refractivity contribution in [3.8, 4) is 0 Å². The zero-order valence-corrected chi connectivity index (χ0v) is 8.12. The van der Waals surface area contributed by atoms with Crippen LogP contribution in [-0.4, -0.2) is 26.5 Å². The third kappa shape index (κ3) is 1.01. The van der Waals surface area contributed by atoms with E-state index in [4.69, 9.17) is 12.2 Å². The van der Waals surface area contributed by atoms with E-state index >= 15 is 0 Å². The number of nitrogens with zero attached hydrogens (tertiary/aromatic N) is 1. The molecule has 0 amide bonds. The molecule has 0 aromatic heterocycles. The first-order valence-electron chi connectivity index (χ1n) is 3.60. The van der Waals surface area contributed by atoms with Crippen LogP contribution in [0.3, 0.4) is 0 Å². The van der Waals surface area contributed by atoms with Gasteiger partial charge in [-0.1, -0.05) is 0 Å². The highest BCUT2D eigenvalue weighted by molar-refractivity contribution is 7.80. The molecule has 1 aliphatic rings. The van der Waals surface area contributed by atoms with Gasteiger partial charge in [-0.15, -0.1) is 0 Å². The molecule has 3 nitrogen and oxygen atoms in total. The molecule has 0 aromatic rings. The predicted molar refractivity (Wildman–Crippen MR) is 47.5 cm³/mol. The van der Waals surface area contributed by atoms with E-state index in [0.717, 1.165) is 5.06 Å². The van der Waals surface area contributed by atoms with Gasteiger partial charge in [0.25, 0.3) is 0 Å². The smallest absolute Gasteiger partial charge is 0.194 e. The van der Waals surface area contributed by atoms with Crippen LogP contribution in [0.15, 0.2) is 0 Å². The van der Waals surface area contributed by atoms with Crippen LogP contribution in [0, 0.1) is 0 Å². The fraction of sp³-hybridized carbons (Fsp3) is 0.857. The zero-order valence-electron chi connectivity index (χ0n) is 7.30. The average Bonchev–Trinajstić information content (AvgIpc) is 1.93. The third-order valence-corrected chi connectivity index (χ3v) is 2.95. The highest BCUT2D eigenvalue weighted by Crippen LogP contribution is 2.32. The van der Waals surface area contributed by atoms with Gasteiger partial charge in [-0.3, -0.25) is 5.21 Å². The Kier molecular flexibility index (Phi) is 1.65. The molecule has 0 saturated carbocycles. The molecule has 4 heteroatoms. The number of hydrogen-bond acceptors (Lipinski definition) is 2. The minimum Gasteiger partial charge on any atom is -0.354 e. The minimum atomic E-state index is -0.343. The summed E-state index contributed by atoms with van der Waals surface area (Å²) >= 11 is 4.90. The van der Waals surface area contributed by atoms with Crippen molar-refractivity contribution in [1.82, 2.24) is 10.4 Å². The van der Waals surface area contributed by atoms with Gasteiger partial charge < -0.3 is 5.32 Å². The summed E-state index contributed by atoms with van der Waals surface area (Å²) in [6.45, 7) is 7.91. The van der Waals surface area contributed by atoms with E-state index in [1.54, 1.807) is 0 Å². The van der Waals surface area contributed by atoms with Gasteiger partial charge in [-0.05, 0) is 39.9 Å². The summed E-state index contributed by atoms with van der Waals surface area (Å²) in [5.74, 6) is 0. The van der Waals surface area contributed by atoms with Crippen LogP contribution in [0.2, 0.25) is 0 Å². The summed E-state index contributed by atoms with van der Waals surface area (Å²) in [5, 5.41) is 14.0. The van der Waals surface area contributed by atoms with Crippen LogP contribution in [-0.2, 0) is 0 Å². The largest absolute Gasteiger partial charge is 0.354 e. The molecule has 64 valence electrons. The van der Waals surface area contributed by atoms with Gasteiger partial charge in [0.2, 0.25) is 0 Å². The molecule has 1 saturated heterocycles. The minimum absolute atomic E-state index is 0.182. The lowest BCUT2D eigenvalue weighted by atomic mass is 9.84. The Morgan fingerprint density at radius 1 is 1.36 bits per heavy atom. The van der Waals surface area contributed by atoms with E-state index in [1.165, 1.54) is 0 Å². The molecule has 0 aliphatic carbocycles. The molecule has 1 aliphatic heterocycles. The molecular weight excluding hydrogens is 160 g/mol. The number of nitrogens with one attached hydrogen (secondary N) is 1. The van der Waals surface area contributed by atoms with E-state index in [0.29, 0.717) is 5.11 Å². The summed E-state index contributed by atoms with van der Waals surface area (Å²) in [6, 6.07) is 0. The van der Waals surface area contributed by atoms with Crippen molar-refractivity contribution in [1.29, 1.82) is 0 Å². The van der Waals surface area contributed by atoms with Crippen LogP contribution in [0.25, 0.3) is 0 Å². The lowest BCUT2D eigenvalue weighted by Crippen LogP contribution is -2.52. The van der Waals surface area contributed by atoms with Crippen molar-refractivity contribution < 1.29 is 5.21 Å². The Bertz CT molecular complexity index is 201. The Morgan fingerprint density at radius 2 is 1.82 bits per heavy atom. The first-order chi connectivity index (χ1) is 4.79. The van der Waals surface area contributed by atoms with Crippen molar-refractivity contribution in [2.75, 3.05) is 0 Å². The van der Waals surface area contributed by atoms with E-state index in [1.807, 2.05) is 27.7 Å². The molecule has 0 atom stereocenters. The SMILES string of the molecule is CC1(C)NC(=S)N(O)C1(C)C. The highest BCUT2D eigenvalue weighted by atomic mass is 32.1. The monoisotopic (exact) mass is 174 g/mol. The third-order valence-electron chi connectivity index (χ3n) is 2.67. The van der Waals surface area contributed by atoms with E-state index in [9.17, 15) is 5.21 Å². The number of hydroxylamine groups is 2. The first kappa shape index (κ1) is 8.74. The van der Waals surface area contributed by atoms with Gasteiger partial charge >= 0.3 is 0 Å². The van der Waals surface area contributed by atoms with E-state index in [2.05, 4.69) is 5.32 Å². The fourth-order valence-corrected chi connectivity index (χ4v) is 1.48. The number of rotatable bonds is 0. The standard InChI is InChI=1S/C7H14N2OS/c1-6(2)7(3,4)9(10)5(11)8-6/h10H,1-4H3,(H,8,11). The Balaban J connectivity index is 3.01. The molecule has 0 aromatic carbocycles. The molecule has 2 N–H and O–H groups in total. The van der Waals surface area contributed by atoms with Crippen molar-refractivity contribution in [2.24, 2.45) is 0 Å². The number of hydrogen-bond donors (Lipinski definition) is 2. The summed E-state index contributed by atoms with van der Waals surface area (Å²) in [5.41, 5.74) is -0.525. The second-order valence-corrected chi connectivity index (χ2v) is 4.31. The fourth-order valence-electron chi connectivity index (χ4n) is 0.992. The molecular formula is C7H14N2OS. The Morgan fingerprint density at radius 3 is 1.91 bits per heavy atom. The summed E-state index contributed by atoms with van der Waals surface area (Å²) in [6.07, 6.45) is 0. The molecule has 0 radical (unpaired) electrons. The van der Waals surface area contributed by atoms with Gasteiger partial charge in [0.15, 0.2) is 5.11 Å². The molecule has 0 unspecified atom stereocenters. The molecule has 1 heterocycles. The lowest BCUT2D eigenvalue weighted by Gasteiger charge is -2.35. The normalized spacial score (nSPS) is 27.0. The lowest BCUT2D eigenvalue weighted by molar-refractivity contribution is -0.0937. The van der Waals surface area contributed by atoms with Crippen LogP contribution in [0.4, 0.5) is 0 Å². The van der Waals surface area contributed by atoms with Gasteiger partial charge in [-0.2, -0.15) is 0 Å². The van der Waals surface area contributed by atoms with Crippen molar-refractivity contribution >= 4 is 17.3 Å². The van der Waals surface area contributed by atoms with E-state index in [-0.39, 0.29) is 11.1 Å². The van der Waals surface area contributed by atoms with Crippen LogP contribution in [0.1, 0.15) is 27.7 Å². The summed E-state index contributed by atoms with van der Waals surface area (Å²) in [7, 11) is 0. The van der Waals surface area contributed by atoms with Gasteiger partial charge in [0.05, 0.1) is 11.1 Å². The second-order valence-electron chi connectivity index (χ2n) is 3.93. The van der Waals surface area contributed by atoms with Gasteiger partial charge in [0.1, 0.15) is 0 Å². The van der Waals surface area contributed by atoms with Crippen LogP contribution in [0.5, 0.6) is 0 Å². The van der Waals surface area contributed by atoms with Gasteiger partial charge in [-0.25, -0.2) is 5.06 Å². The molecule has 0 bridgehead atoms. The molecule has 1 fully saturated rings. The summed E-state index contributed by atoms with van der Waals surface area (Å²) < 4.78 is 0. The maximum atomic E-state index is 9.49. The maximum absolute atomic E-state index is 9.49. The molecule has 0 spiro atoms. The zero-order chi connectivity index (χ0) is 8.86. The van der Waals surface area contributed by atoms with E-state index < -0.39 is 0 Å². The molecule has 11 heavy (non-hydrogen) atoms. The Hall–Kier alpha value is -0.350. The van der Waals surface area contributed by atoms with Crippen molar-refractivity contribution in [2.45, 2.75) is 38.8 Å². The predicted octanol–water partition coefficient (Wildman–Crippen LogP) is 1.12. The van der Waals surface area contributed by atoms with Crippen LogP contribution < -0.4 is 5.32 Å². The highest BCUT2D eigenvalue weighted by Gasteiger charge is 2.49. The number of thiocarbonyl (C=S) groups is 1. The van der Waals surface area contributed by atoms with Gasteiger partial charge in [0, 0.05) is 0 Å². The van der Waals surface area contributed by atoms with Crippen molar-refractivity contribution in [3.63, 3.8) is 0 Å². The average molecular weight is 174 g/mol. The summed E-state index contributed by atoms with van der Waals surface area (Å²) in [4.78, 5) is 0. The Labute approximate surface area is 72.3 Å². The topological polar surface area (TPSA) is 35.5 Å². The second kappa shape index (κ2) is 2.08. The maximum Gasteiger partial charge on any atom is 0.194 e. The van der Waals surface area contributed by atoms with Crippen LogP contribution >= 0.6 is 12.2 Å². The quantitative estimate of drug-likeness (QED) is 0.540. The molecule has 1 rings (SSSR count).